The maximum absolute atomic E-state index is 4.46. The Morgan fingerprint density at radius 1 is 0.950 bits per heavy atom. The molecule has 0 spiro atoms. The second-order valence-corrected chi connectivity index (χ2v) is 6.21. The Morgan fingerprint density at radius 2 is 1.65 bits per heavy atom. The number of hydrogen-bond acceptors (Lipinski definition) is 2. The third kappa shape index (κ3) is 2.34. The maximum atomic E-state index is 4.46. The molecule has 20 heavy (non-hydrogen) atoms. The Kier molecular flexibility index (Phi) is 3.09. The monoisotopic (exact) mass is 264 g/mol. The zero-order valence-electron chi connectivity index (χ0n) is 12.3. The van der Waals surface area contributed by atoms with Crippen LogP contribution >= 0.6 is 0 Å². The molecule has 0 bridgehead atoms. The van der Waals surface area contributed by atoms with Crippen LogP contribution in [0.4, 0.5) is 17.1 Å². The third-order valence-corrected chi connectivity index (χ3v) is 3.71. The van der Waals surface area contributed by atoms with Crippen molar-refractivity contribution in [2.24, 2.45) is 4.99 Å². The molecular weight excluding hydrogens is 244 g/mol. The molecule has 0 saturated carbocycles. The summed E-state index contributed by atoms with van der Waals surface area (Å²) in [5.41, 5.74) is 4.99. The number of aliphatic imine (C=N–C) groups is 1. The molecule has 0 fully saturated rings. The van der Waals surface area contributed by atoms with E-state index in [0.717, 1.165) is 12.2 Å². The van der Waals surface area contributed by atoms with Crippen molar-refractivity contribution < 1.29 is 0 Å². The van der Waals surface area contributed by atoms with Gasteiger partial charge in [-0.1, -0.05) is 45.0 Å². The minimum atomic E-state index is 0.194. The van der Waals surface area contributed by atoms with E-state index >= 15 is 0 Å². The first-order valence-electron chi connectivity index (χ1n) is 7.05. The fourth-order valence-electron chi connectivity index (χ4n) is 2.51. The van der Waals surface area contributed by atoms with E-state index in [2.05, 4.69) is 73.1 Å². The lowest BCUT2D eigenvalue weighted by Gasteiger charge is -2.28. The molecular formula is C18H20N2. The van der Waals surface area contributed by atoms with Crippen LogP contribution in [0.1, 0.15) is 26.3 Å². The van der Waals surface area contributed by atoms with Gasteiger partial charge in [0.1, 0.15) is 0 Å². The van der Waals surface area contributed by atoms with Gasteiger partial charge in [-0.25, -0.2) is 0 Å². The summed E-state index contributed by atoms with van der Waals surface area (Å²) < 4.78 is 0. The van der Waals surface area contributed by atoms with Gasteiger partial charge in [0, 0.05) is 11.9 Å². The number of benzene rings is 2. The van der Waals surface area contributed by atoms with E-state index in [0.29, 0.717) is 0 Å². The minimum absolute atomic E-state index is 0.194. The maximum Gasteiger partial charge on any atom is 0.0863 e. The van der Waals surface area contributed by atoms with Gasteiger partial charge in [0.15, 0.2) is 0 Å². The Labute approximate surface area is 120 Å². The van der Waals surface area contributed by atoms with Gasteiger partial charge in [-0.3, -0.25) is 4.99 Å². The highest BCUT2D eigenvalue weighted by Crippen LogP contribution is 2.36. The Morgan fingerprint density at radius 3 is 2.35 bits per heavy atom. The molecule has 1 heterocycles. The van der Waals surface area contributed by atoms with Crippen molar-refractivity contribution >= 4 is 23.3 Å². The molecule has 0 amide bonds. The normalized spacial score (nSPS) is 14.2. The number of anilines is 2. The van der Waals surface area contributed by atoms with Gasteiger partial charge in [0.25, 0.3) is 0 Å². The summed E-state index contributed by atoms with van der Waals surface area (Å²) in [5, 5.41) is 0. The zero-order valence-corrected chi connectivity index (χ0v) is 12.3. The van der Waals surface area contributed by atoms with Crippen molar-refractivity contribution in [3.63, 3.8) is 0 Å². The number of para-hydroxylation sites is 2. The van der Waals surface area contributed by atoms with Crippen LogP contribution in [0.5, 0.6) is 0 Å². The molecule has 1 aliphatic heterocycles. The summed E-state index contributed by atoms with van der Waals surface area (Å²) in [6.07, 6.45) is 1.97. The summed E-state index contributed by atoms with van der Waals surface area (Å²) in [7, 11) is 0. The first-order chi connectivity index (χ1) is 9.55. The first-order valence-corrected chi connectivity index (χ1v) is 7.05. The van der Waals surface area contributed by atoms with Crippen LogP contribution in [-0.4, -0.2) is 12.8 Å². The molecule has 2 nitrogen and oxygen atoms in total. The summed E-state index contributed by atoms with van der Waals surface area (Å²) in [6, 6.07) is 17.1. The Bertz CT molecular complexity index is 633. The third-order valence-electron chi connectivity index (χ3n) is 3.71. The molecule has 2 aromatic rings. The van der Waals surface area contributed by atoms with Crippen LogP contribution in [0.2, 0.25) is 0 Å². The lowest BCUT2D eigenvalue weighted by atomic mass is 9.87. The lowest BCUT2D eigenvalue weighted by Crippen LogP contribution is -2.22. The van der Waals surface area contributed by atoms with E-state index < -0.39 is 0 Å². The highest BCUT2D eigenvalue weighted by Gasteiger charge is 2.17. The van der Waals surface area contributed by atoms with Gasteiger partial charge in [0.05, 0.1) is 17.9 Å². The van der Waals surface area contributed by atoms with Crippen LogP contribution < -0.4 is 4.90 Å². The van der Waals surface area contributed by atoms with Crippen molar-refractivity contribution in [3.8, 4) is 0 Å². The van der Waals surface area contributed by atoms with E-state index in [4.69, 9.17) is 0 Å². The minimum Gasteiger partial charge on any atom is -0.334 e. The SMILES string of the molecule is CC(C)(C)c1ccc(N2CC=Nc3ccccc32)cc1. The van der Waals surface area contributed by atoms with Gasteiger partial charge in [-0.05, 0) is 35.2 Å². The van der Waals surface area contributed by atoms with Gasteiger partial charge in [-0.15, -0.1) is 0 Å². The van der Waals surface area contributed by atoms with Crippen LogP contribution in [0, 0.1) is 0 Å². The van der Waals surface area contributed by atoms with Crippen molar-refractivity contribution in [2.75, 3.05) is 11.4 Å². The first kappa shape index (κ1) is 12.9. The molecule has 102 valence electrons. The fourth-order valence-corrected chi connectivity index (χ4v) is 2.51. The molecule has 0 aromatic heterocycles. The number of rotatable bonds is 1. The van der Waals surface area contributed by atoms with E-state index in [1.807, 2.05) is 12.3 Å². The van der Waals surface area contributed by atoms with E-state index in [1.54, 1.807) is 0 Å². The van der Waals surface area contributed by atoms with Crippen LogP contribution in [-0.2, 0) is 5.41 Å². The average Bonchev–Trinajstić information content (AvgIpc) is 2.46. The zero-order chi connectivity index (χ0) is 14.2. The van der Waals surface area contributed by atoms with Gasteiger partial charge in [-0.2, -0.15) is 0 Å². The number of hydrogen-bond donors (Lipinski definition) is 0. The van der Waals surface area contributed by atoms with E-state index in [-0.39, 0.29) is 5.41 Å². The number of fused-ring (bicyclic) bond motifs is 1. The van der Waals surface area contributed by atoms with E-state index in [9.17, 15) is 0 Å². The van der Waals surface area contributed by atoms with Crippen LogP contribution in [0.3, 0.4) is 0 Å². The summed E-state index contributed by atoms with van der Waals surface area (Å²) >= 11 is 0. The predicted molar refractivity (Wildman–Crippen MR) is 86.7 cm³/mol. The topological polar surface area (TPSA) is 15.6 Å². The smallest absolute Gasteiger partial charge is 0.0863 e. The van der Waals surface area contributed by atoms with Gasteiger partial charge >= 0.3 is 0 Å². The van der Waals surface area contributed by atoms with E-state index in [1.165, 1.54) is 16.9 Å². The second kappa shape index (κ2) is 4.78. The van der Waals surface area contributed by atoms with Crippen LogP contribution in [0.25, 0.3) is 0 Å². The molecule has 0 aliphatic carbocycles. The standard InChI is InChI=1S/C18H20N2/c1-18(2,3)14-8-10-15(11-9-14)20-13-12-19-16-6-4-5-7-17(16)20/h4-12H,13H2,1-3H3. The Hall–Kier alpha value is -2.09. The van der Waals surface area contributed by atoms with Crippen molar-refractivity contribution in [1.82, 2.24) is 0 Å². The summed E-state index contributed by atoms with van der Waals surface area (Å²) in [5.74, 6) is 0. The molecule has 2 heteroatoms. The Balaban J connectivity index is 1.96. The predicted octanol–water partition coefficient (Wildman–Crippen LogP) is 4.84. The molecule has 0 N–H and O–H groups in total. The second-order valence-electron chi connectivity index (χ2n) is 6.21. The number of nitrogens with zero attached hydrogens (tertiary/aromatic N) is 2. The van der Waals surface area contributed by atoms with Crippen molar-refractivity contribution in [3.05, 3.63) is 54.1 Å². The van der Waals surface area contributed by atoms with Crippen LogP contribution in [0.15, 0.2) is 53.5 Å². The van der Waals surface area contributed by atoms with Gasteiger partial charge < -0.3 is 4.90 Å². The highest BCUT2D eigenvalue weighted by molar-refractivity contribution is 5.86. The molecule has 0 saturated heterocycles. The van der Waals surface area contributed by atoms with Crippen molar-refractivity contribution in [2.45, 2.75) is 26.2 Å². The molecule has 0 radical (unpaired) electrons. The summed E-state index contributed by atoms with van der Waals surface area (Å²) in [6.45, 7) is 7.55. The molecule has 2 aromatic carbocycles. The summed E-state index contributed by atoms with van der Waals surface area (Å²) in [4.78, 5) is 6.76. The highest BCUT2D eigenvalue weighted by atomic mass is 15.2. The van der Waals surface area contributed by atoms with Crippen molar-refractivity contribution in [1.29, 1.82) is 0 Å². The molecule has 0 unspecified atom stereocenters. The molecule has 0 atom stereocenters. The average molecular weight is 264 g/mol. The molecule has 3 rings (SSSR count). The fraction of sp³-hybridized carbons (Fsp3) is 0.278. The largest absolute Gasteiger partial charge is 0.334 e. The molecule has 1 aliphatic rings. The van der Waals surface area contributed by atoms with Gasteiger partial charge in [0.2, 0.25) is 0 Å². The quantitative estimate of drug-likeness (QED) is 0.719. The lowest BCUT2D eigenvalue weighted by molar-refractivity contribution is 0.590.